The summed E-state index contributed by atoms with van der Waals surface area (Å²) >= 11 is 0. The minimum Gasteiger partial charge on any atom is -0.361 e. The van der Waals surface area contributed by atoms with Crippen LogP contribution in [0.2, 0.25) is 0 Å². The summed E-state index contributed by atoms with van der Waals surface area (Å²) in [5, 5.41) is 1.32. The fourth-order valence-corrected chi connectivity index (χ4v) is 3.28. The zero-order valence-electron chi connectivity index (χ0n) is 11.7. The SMILES string of the molecule is CCN1Cc2c(-c3ccccc3)cc3cc[nH]c3c2C1. The normalized spacial score (nSPS) is 14.8. The van der Waals surface area contributed by atoms with Gasteiger partial charge in [-0.2, -0.15) is 0 Å². The smallest absolute Gasteiger partial charge is 0.0503 e. The van der Waals surface area contributed by atoms with E-state index in [1.807, 2.05) is 6.20 Å². The zero-order valence-corrected chi connectivity index (χ0v) is 11.7. The summed E-state index contributed by atoms with van der Waals surface area (Å²) in [7, 11) is 0. The lowest BCUT2D eigenvalue weighted by Gasteiger charge is -2.11. The van der Waals surface area contributed by atoms with E-state index in [0.717, 1.165) is 19.6 Å². The first-order chi connectivity index (χ1) is 9.86. The second-order valence-electron chi connectivity index (χ2n) is 5.49. The van der Waals surface area contributed by atoms with E-state index in [2.05, 4.69) is 59.3 Å². The zero-order chi connectivity index (χ0) is 13.5. The number of hydrogen-bond donors (Lipinski definition) is 1. The Bertz CT molecular complexity index is 756. The first kappa shape index (κ1) is 11.7. The molecule has 0 atom stereocenters. The highest BCUT2D eigenvalue weighted by Gasteiger charge is 2.24. The summed E-state index contributed by atoms with van der Waals surface area (Å²) in [6.07, 6.45) is 2.05. The topological polar surface area (TPSA) is 19.0 Å². The van der Waals surface area contributed by atoms with Gasteiger partial charge in [0.15, 0.2) is 0 Å². The van der Waals surface area contributed by atoms with Crippen LogP contribution < -0.4 is 0 Å². The molecule has 4 rings (SSSR count). The Hall–Kier alpha value is -2.06. The standard InChI is InChI=1S/C18H18N2/c1-2-20-11-16-15(13-6-4-3-5-7-13)10-14-8-9-19-18(14)17(16)12-20/h3-10,19H,2,11-12H2,1H3. The van der Waals surface area contributed by atoms with Gasteiger partial charge in [-0.25, -0.2) is 0 Å². The van der Waals surface area contributed by atoms with E-state index in [1.165, 1.54) is 33.2 Å². The minimum atomic E-state index is 1.06. The summed E-state index contributed by atoms with van der Waals surface area (Å²) in [6, 6.07) is 15.3. The molecule has 3 aromatic rings. The number of aromatic nitrogens is 1. The van der Waals surface area contributed by atoms with Crippen LogP contribution in [-0.4, -0.2) is 16.4 Å². The molecule has 0 saturated carbocycles. The third-order valence-electron chi connectivity index (χ3n) is 4.37. The summed E-state index contributed by atoms with van der Waals surface area (Å²) in [4.78, 5) is 5.91. The van der Waals surface area contributed by atoms with Gasteiger partial charge in [0, 0.05) is 24.7 Å². The average Bonchev–Trinajstić information content (AvgIpc) is 3.12. The number of fused-ring (bicyclic) bond motifs is 3. The van der Waals surface area contributed by atoms with E-state index in [9.17, 15) is 0 Å². The van der Waals surface area contributed by atoms with Crippen molar-refractivity contribution in [3.63, 3.8) is 0 Å². The molecule has 1 aliphatic rings. The molecule has 0 aliphatic carbocycles. The molecule has 2 heteroatoms. The predicted molar refractivity (Wildman–Crippen MR) is 83.5 cm³/mol. The number of aromatic amines is 1. The summed E-state index contributed by atoms with van der Waals surface area (Å²) in [5.41, 5.74) is 7.00. The maximum atomic E-state index is 3.42. The largest absolute Gasteiger partial charge is 0.361 e. The molecule has 0 saturated heterocycles. The van der Waals surface area contributed by atoms with Crippen LogP contribution >= 0.6 is 0 Å². The highest BCUT2D eigenvalue weighted by Crippen LogP contribution is 2.37. The first-order valence-corrected chi connectivity index (χ1v) is 7.26. The molecule has 1 aliphatic heterocycles. The van der Waals surface area contributed by atoms with Crippen molar-refractivity contribution < 1.29 is 0 Å². The van der Waals surface area contributed by atoms with E-state index < -0.39 is 0 Å². The predicted octanol–water partition coefficient (Wildman–Crippen LogP) is 4.17. The number of nitrogens with one attached hydrogen (secondary N) is 1. The van der Waals surface area contributed by atoms with Crippen molar-refractivity contribution in [2.45, 2.75) is 20.0 Å². The molecule has 100 valence electrons. The molecule has 2 heterocycles. The lowest BCUT2D eigenvalue weighted by atomic mass is 9.95. The fraction of sp³-hybridized carbons (Fsp3) is 0.222. The fourth-order valence-electron chi connectivity index (χ4n) is 3.28. The Kier molecular flexibility index (Phi) is 2.64. The number of benzene rings is 2. The van der Waals surface area contributed by atoms with Gasteiger partial charge in [-0.3, -0.25) is 4.90 Å². The Morgan fingerprint density at radius 2 is 1.85 bits per heavy atom. The van der Waals surface area contributed by atoms with Crippen molar-refractivity contribution in [3.05, 3.63) is 59.8 Å². The molecule has 1 N–H and O–H groups in total. The third kappa shape index (κ3) is 1.69. The van der Waals surface area contributed by atoms with Gasteiger partial charge >= 0.3 is 0 Å². The molecule has 2 aromatic carbocycles. The van der Waals surface area contributed by atoms with Gasteiger partial charge in [0.05, 0.1) is 5.52 Å². The lowest BCUT2D eigenvalue weighted by Crippen LogP contribution is -2.14. The van der Waals surface area contributed by atoms with Crippen LogP contribution in [0.5, 0.6) is 0 Å². The molecule has 0 amide bonds. The average molecular weight is 262 g/mol. The first-order valence-electron chi connectivity index (χ1n) is 7.26. The van der Waals surface area contributed by atoms with Crippen molar-refractivity contribution in [2.75, 3.05) is 6.54 Å². The second-order valence-corrected chi connectivity index (χ2v) is 5.49. The Morgan fingerprint density at radius 1 is 1.05 bits per heavy atom. The van der Waals surface area contributed by atoms with Crippen LogP contribution in [0, 0.1) is 0 Å². The number of rotatable bonds is 2. The third-order valence-corrected chi connectivity index (χ3v) is 4.37. The van der Waals surface area contributed by atoms with Gasteiger partial charge in [0.1, 0.15) is 0 Å². The monoisotopic (exact) mass is 262 g/mol. The molecule has 0 spiro atoms. The quantitative estimate of drug-likeness (QED) is 0.734. The highest BCUT2D eigenvalue weighted by atomic mass is 15.1. The van der Waals surface area contributed by atoms with Crippen molar-refractivity contribution >= 4 is 10.9 Å². The van der Waals surface area contributed by atoms with Crippen molar-refractivity contribution in [1.29, 1.82) is 0 Å². The van der Waals surface area contributed by atoms with Gasteiger partial charge in [-0.05, 0) is 40.9 Å². The summed E-state index contributed by atoms with van der Waals surface area (Å²) < 4.78 is 0. The number of nitrogens with zero attached hydrogens (tertiary/aromatic N) is 1. The molecule has 0 unspecified atom stereocenters. The Labute approximate surface area is 119 Å². The molecule has 1 aromatic heterocycles. The molecule has 0 fully saturated rings. The highest BCUT2D eigenvalue weighted by molar-refractivity contribution is 5.90. The van der Waals surface area contributed by atoms with Gasteiger partial charge < -0.3 is 4.98 Å². The van der Waals surface area contributed by atoms with Crippen LogP contribution in [0.4, 0.5) is 0 Å². The second kappa shape index (κ2) is 4.50. The maximum absolute atomic E-state index is 3.42. The molecular weight excluding hydrogens is 244 g/mol. The van der Waals surface area contributed by atoms with E-state index in [-0.39, 0.29) is 0 Å². The van der Waals surface area contributed by atoms with Gasteiger partial charge in [-0.1, -0.05) is 37.3 Å². The van der Waals surface area contributed by atoms with Crippen molar-refractivity contribution in [3.8, 4) is 11.1 Å². The number of H-pyrrole nitrogens is 1. The molecular formula is C18H18N2. The van der Waals surface area contributed by atoms with Gasteiger partial charge in [-0.15, -0.1) is 0 Å². The molecule has 0 bridgehead atoms. The Balaban J connectivity index is 1.99. The minimum absolute atomic E-state index is 1.06. The van der Waals surface area contributed by atoms with E-state index in [4.69, 9.17) is 0 Å². The van der Waals surface area contributed by atoms with Crippen LogP contribution in [0.3, 0.4) is 0 Å². The van der Waals surface area contributed by atoms with Crippen LogP contribution in [0.25, 0.3) is 22.0 Å². The number of hydrogen-bond acceptors (Lipinski definition) is 1. The van der Waals surface area contributed by atoms with Gasteiger partial charge in [0.25, 0.3) is 0 Å². The van der Waals surface area contributed by atoms with E-state index in [0.29, 0.717) is 0 Å². The van der Waals surface area contributed by atoms with E-state index in [1.54, 1.807) is 0 Å². The maximum Gasteiger partial charge on any atom is 0.0503 e. The van der Waals surface area contributed by atoms with Gasteiger partial charge in [0.2, 0.25) is 0 Å². The molecule has 2 nitrogen and oxygen atoms in total. The van der Waals surface area contributed by atoms with Crippen LogP contribution in [0.1, 0.15) is 18.1 Å². The summed E-state index contributed by atoms with van der Waals surface area (Å²) in [5.74, 6) is 0. The van der Waals surface area contributed by atoms with E-state index >= 15 is 0 Å². The lowest BCUT2D eigenvalue weighted by molar-refractivity contribution is 0.301. The van der Waals surface area contributed by atoms with Crippen LogP contribution in [0.15, 0.2) is 48.7 Å². The van der Waals surface area contributed by atoms with Crippen LogP contribution in [-0.2, 0) is 13.1 Å². The van der Waals surface area contributed by atoms with Crippen molar-refractivity contribution in [2.24, 2.45) is 0 Å². The molecule has 0 radical (unpaired) electrons. The van der Waals surface area contributed by atoms with Crippen molar-refractivity contribution in [1.82, 2.24) is 9.88 Å². The Morgan fingerprint density at radius 3 is 2.65 bits per heavy atom. The summed E-state index contributed by atoms with van der Waals surface area (Å²) in [6.45, 7) is 5.46. The molecule has 20 heavy (non-hydrogen) atoms.